The van der Waals surface area contributed by atoms with Gasteiger partial charge in [0, 0.05) is 33.6 Å². The summed E-state index contributed by atoms with van der Waals surface area (Å²) in [7, 11) is 0. The first-order valence-electron chi connectivity index (χ1n) is 16.3. The molecule has 2 aliphatic heterocycles. The van der Waals surface area contributed by atoms with Crippen LogP contribution < -0.4 is 0 Å². The van der Waals surface area contributed by atoms with Crippen molar-refractivity contribution >= 4 is 51.1 Å². The van der Waals surface area contributed by atoms with Crippen molar-refractivity contribution in [3.63, 3.8) is 0 Å². The van der Waals surface area contributed by atoms with Crippen LogP contribution in [0.5, 0.6) is 0 Å². The van der Waals surface area contributed by atoms with Crippen LogP contribution >= 0.6 is 11.6 Å². The molecule has 0 spiro atoms. The number of halogens is 16. The third-order valence-corrected chi connectivity index (χ3v) is 9.79. The number of aromatic nitrogens is 4. The first-order chi connectivity index (χ1) is 27.8. The lowest BCUT2D eigenvalue weighted by Crippen LogP contribution is -2.06. The summed E-state index contributed by atoms with van der Waals surface area (Å²) < 4.78 is 225. The van der Waals surface area contributed by atoms with Crippen LogP contribution in [0.3, 0.4) is 0 Å². The maximum Gasteiger partial charge on any atom is 0.254 e. The highest BCUT2D eigenvalue weighted by molar-refractivity contribution is 6.68. The molecule has 0 amide bonds. The summed E-state index contributed by atoms with van der Waals surface area (Å²) in [4.78, 5) is 24.4. The van der Waals surface area contributed by atoms with Gasteiger partial charge in [-0.15, -0.1) is 0 Å². The van der Waals surface area contributed by atoms with E-state index in [2.05, 4.69) is 19.9 Å². The van der Waals surface area contributed by atoms with E-state index in [1.165, 1.54) is 0 Å². The van der Waals surface area contributed by atoms with Gasteiger partial charge in [-0.2, -0.15) is 0 Å². The number of hydrogen-bond donors (Lipinski definition) is 3. The summed E-state index contributed by atoms with van der Waals surface area (Å²) in [6, 6.07) is 2.94. The van der Waals surface area contributed by atoms with Gasteiger partial charge >= 0.3 is 0 Å². The minimum Gasteiger partial charge on any atom is -0.361 e. The molecule has 5 heterocycles. The molecule has 8 rings (SSSR count). The second-order valence-electron chi connectivity index (χ2n) is 12.8. The molecule has 3 aromatic carbocycles. The Morgan fingerprint density at radius 1 is 0.441 bits per heavy atom. The number of aryl methyl sites for hydroxylation is 2. The zero-order valence-electron chi connectivity index (χ0n) is 28.2. The Morgan fingerprint density at radius 3 is 1.27 bits per heavy atom. The van der Waals surface area contributed by atoms with E-state index in [0.29, 0.717) is 0 Å². The molecule has 6 aromatic rings. The summed E-state index contributed by atoms with van der Waals surface area (Å²) in [5.74, 6) is -37.3. The molecular formula is C38H12ClF15N4O. The molecule has 0 aliphatic carbocycles. The summed E-state index contributed by atoms with van der Waals surface area (Å²) in [6.45, 7) is 0. The number of nitrogens with one attached hydrogen (secondary N) is 3. The number of nitrogens with zero attached hydrogens (tertiary/aromatic N) is 1. The molecular weight excluding hydrogens is 849 g/mol. The van der Waals surface area contributed by atoms with Crippen molar-refractivity contribution in [2.45, 2.75) is 12.8 Å². The molecule has 302 valence electrons. The van der Waals surface area contributed by atoms with Crippen molar-refractivity contribution in [1.29, 1.82) is 0 Å². The zero-order valence-corrected chi connectivity index (χ0v) is 29.0. The lowest BCUT2D eigenvalue weighted by atomic mass is 9.98. The van der Waals surface area contributed by atoms with Gasteiger partial charge in [0.05, 0.1) is 50.2 Å². The molecule has 0 fully saturated rings. The molecule has 3 aromatic heterocycles. The fourth-order valence-electron chi connectivity index (χ4n) is 6.96. The first-order valence-corrected chi connectivity index (χ1v) is 16.7. The minimum atomic E-state index is -2.62. The van der Waals surface area contributed by atoms with Gasteiger partial charge in [0.15, 0.2) is 69.8 Å². The zero-order chi connectivity index (χ0) is 42.7. The normalized spacial score (nSPS) is 12.6. The van der Waals surface area contributed by atoms with Crippen LogP contribution in [0, 0.1) is 87.3 Å². The van der Waals surface area contributed by atoms with Gasteiger partial charge < -0.3 is 15.0 Å². The first kappa shape index (κ1) is 39.4. The Kier molecular flexibility index (Phi) is 9.24. The topological polar surface area (TPSA) is 77.3 Å². The maximum absolute atomic E-state index is 15.7. The van der Waals surface area contributed by atoms with Crippen molar-refractivity contribution in [2.24, 2.45) is 0 Å². The fourth-order valence-corrected chi connectivity index (χ4v) is 7.11. The Hall–Kier alpha value is -6.44. The molecule has 0 radical (unpaired) electrons. The number of benzene rings is 3. The molecule has 0 atom stereocenters. The van der Waals surface area contributed by atoms with Crippen LogP contribution in [0.1, 0.15) is 33.1 Å². The monoisotopic (exact) mass is 860 g/mol. The van der Waals surface area contributed by atoms with Crippen LogP contribution in [0.15, 0.2) is 18.2 Å². The van der Waals surface area contributed by atoms with E-state index < -0.39 is 178 Å². The fraction of sp³-hybridized carbons (Fsp3) is 0.0526. The van der Waals surface area contributed by atoms with Crippen LogP contribution in [-0.2, 0) is 12.8 Å². The van der Waals surface area contributed by atoms with E-state index in [4.69, 9.17) is 11.6 Å². The largest absolute Gasteiger partial charge is 0.361 e. The quantitative estimate of drug-likeness (QED) is 0.0713. The molecule has 5 nitrogen and oxygen atoms in total. The summed E-state index contributed by atoms with van der Waals surface area (Å²) in [6.07, 6.45) is 0.327. The van der Waals surface area contributed by atoms with Crippen LogP contribution in [0.25, 0.3) is 67.6 Å². The number of H-pyrrole nitrogens is 3. The van der Waals surface area contributed by atoms with Gasteiger partial charge in [-0.05, 0) is 54.8 Å². The summed E-state index contributed by atoms with van der Waals surface area (Å²) >= 11 is 5.81. The Labute approximate surface area is 321 Å². The third kappa shape index (κ3) is 5.74. The number of aromatic amines is 3. The van der Waals surface area contributed by atoms with E-state index in [1.807, 2.05) is 0 Å². The highest BCUT2D eigenvalue weighted by Gasteiger charge is 2.35. The van der Waals surface area contributed by atoms with Gasteiger partial charge in [-0.3, -0.25) is 4.79 Å². The van der Waals surface area contributed by atoms with Crippen LogP contribution in [0.4, 0.5) is 65.9 Å². The highest BCUT2D eigenvalue weighted by atomic mass is 35.5. The van der Waals surface area contributed by atoms with Gasteiger partial charge in [0.2, 0.25) is 17.5 Å². The summed E-state index contributed by atoms with van der Waals surface area (Å²) in [5.41, 5.74) is -13.6. The van der Waals surface area contributed by atoms with Gasteiger partial charge in [-0.1, -0.05) is 0 Å². The molecule has 21 heteroatoms. The van der Waals surface area contributed by atoms with E-state index in [0.717, 1.165) is 30.4 Å². The molecule has 2 aliphatic rings. The standard InChI is InChI=1S/C38H12ClF15N4O/c39-38(59)8-7-15-9-1-2-10(55-9)16(19-22(40)28(46)34(52)29(47)23(19)41)11-3-4-12(56-11)17(20-24(42)30(48)35(53)31(49)25(20)43)13-5-6-14(57-13)18(37(8)58-15)21-26(44)32(50)36(54)33(51)27(21)45/h1-2,5-7,55-56,58H,3-4H2. The molecule has 0 unspecified atom stereocenters. The molecule has 0 saturated carbocycles. The van der Waals surface area contributed by atoms with E-state index in [9.17, 15) is 44.3 Å². The highest BCUT2D eigenvalue weighted by Crippen LogP contribution is 2.43. The van der Waals surface area contributed by atoms with Gasteiger partial charge in [0.25, 0.3) is 5.24 Å². The Balaban J connectivity index is 1.68. The summed E-state index contributed by atoms with van der Waals surface area (Å²) in [5, 5.41) is -1.46. The maximum atomic E-state index is 15.7. The minimum absolute atomic E-state index is 0.244. The number of carbonyl (C=O) groups excluding carboxylic acids is 1. The Bertz CT molecular complexity index is 3020. The number of hydrogen-bond acceptors (Lipinski definition) is 2. The molecule has 0 saturated heterocycles. The number of rotatable bonds is 4. The van der Waals surface area contributed by atoms with Gasteiger partial charge in [0.1, 0.15) is 0 Å². The van der Waals surface area contributed by atoms with E-state index in [1.54, 1.807) is 0 Å². The van der Waals surface area contributed by atoms with Crippen molar-refractivity contribution in [3.8, 4) is 33.4 Å². The number of fused-ring (bicyclic) bond motifs is 9. The SMILES string of the molecule is O=C(Cl)c1cc2[nH]c1c(-c1c(F)c(F)c(F)c(F)c1F)c1nc(c(-c3c(F)c(F)c(F)c(F)c3F)c3[nH]c(c(-c4c(F)c(F)c(F)c(F)c4F)c4ccc2[nH]4)CC3)C=C1. The molecule has 59 heavy (non-hydrogen) atoms. The predicted molar refractivity (Wildman–Crippen MR) is 180 cm³/mol. The van der Waals surface area contributed by atoms with E-state index in [-0.39, 0.29) is 11.0 Å². The smallest absolute Gasteiger partial charge is 0.254 e. The predicted octanol–water partition coefficient (Wildman–Crippen LogP) is 11.7. The average Bonchev–Trinajstić information content (AvgIpc) is 4.05. The lowest BCUT2D eigenvalue weighted by Gasteiger charge is -2.12. The van der Waals surface area contributed by atoms with Crippen molar-refractivity contribution < 1.29 is 70.7 Å². The lowest BCUT2D eigenvalue weighted by molar-refractivity contribution is 0.108. The van der Waals surface area contributed by atoms with E-state index >= 15 is 26.3 Å². The molecule has 3 N–H and O–H groups in total. The van der Waals surface area contributed by atoms with Crippen molar-refractivity contribution in [2.75, 3.05) is 0 Å². The molecule has 8 bridgehead atoms. The third-order valence-electron chi connectivity index (χ3n) is 9.59. The number of carbonyl (C=O) groups is 1. The second kappa shape index (κ2) is 13.8. The average molecular weight is 861 g/mol. The second-order valence-corrected chi connectivity index (χ2v) is 13.1. The van der Waals surface area contributed by atoms with Crippen LogP contribution in [-0.4, -0.2) is 25.2 Å². The van der Waals surface area contributed by atoms with Crippen molar-refractivity contribution in [3.05, 3.63) is 134 Å². The van der Waals surface area contributed by atoms with Gasteiger partial charge in [-0.25, -0.2) is 70.8 Å². The van der Waals surface area contributed by atoms with Crippen LogP contribution in [0.2, 0.25) is 0 Å². The van der Waals surface area contributed by atoms with Crippen molar-refractivity contribution in [1.82, 2.24) is 19.9 Å². The Morgan fingerprint density at radius 2 is 0.814 bits per heavy atom.